The summed E-state index contributed by atoms with van der Waals surface area (Å²) in [6, 6.07) is 19.4. The highest BCUT2D eigenvalue weighted by Gasteiger charge is 2.12. The van der Waals surface area contributed by atoms with Crippen LogP contribution in [0.5, 0.6) is 0 Å². The third kappa shape index (κ3) is 4.31. The molecular formula is C22H16FN3OS2. The average Bonchev–Trinajstić information content (AvgIpc) is 3.14. The Hall–Kier alpha value is -3.16. The molecule has 0 fully saturated rings. The molecule has 1 amide bonds. The Morgan fingerprint density at radius 3 is 2.69 bits per heavy atom. The van der Waals surface area contributed by atoms with Gasteiger partial charge in [0.1, 0.15) is 10.8 Å². The van der Waals surface area contributed by atoms with Crippen LogP contribution in [0, 0.1) is 12.7 Å². The standard InChI is InChI=1S/C22H16FN3OS2/c1-13-9-10-15(21-24-17-7-2-3-8-19(17)29-21)12-18(13)25-22(28)26-20(27)14-5-4-6-16(23)11-14/h2-12H,1H3,(H2,25,26,27,28). The molecule has 2 N–H and O–H groups in total. The van der Waals surface area contributed by atoms with Gasteiger partial charge < -0.3 is 5.32 Å². The molecule has 0 aliphatic rings. The molecule has 4 aromatic rings. The Labute approximate surface area is 176 Å². The lowest BCUT2D eigenvalue weighted by molar-refractivity contribution is 0.0977. The second-order valence-electron chi connectivity index (χ2n) is 6.44. The normalized spacial score (nSPS) is 10.7. The molecule has 0 spiro atoms. The van der Waals surface area contributed by atoms with Crippen molar-refractivity contribution in [1.82, 2.24) is 10.3 Å². The van der Waals surface area contributed by atoms with Crippen LogP contribution in [0.3, 0.4) is 0 Å². The van der Waals surface area contributed by atoms with Crippen molar-refractivity contribution in [2.45, 2.75) is 6.92 Å². The van der Waals surface area contributed by atoms with E-state index in [1.54, 1.807) is 11.3 Å². The van der Waals surface area contributed by atoms with E-state index in [9.17, 15) is 9.18 Å². The Kier molecular flexibility index (Phi) is 5.33. The minimum Gasteiger partial charge on any atom is -0.332 e. The van der Waals surface area contributed by atoms with Gasteiger partial charge in [-0.1, -0.05) is 30.3 Å². The van der Waals surface area contributed by atoms with E-state index in [-0.39, 0.29) is 10.7 Å². The molecule has 0 aliphatic carbocycles. The molecule has 1 aromatic heterocycles. The quantitative estimate of drug-likeness (QED) is 0.427. The summed E-state index contributed by atoms with van der Waals surface area (Å²) in [7, 11) is 0. The van der Waals surface area contributed by atoms with Crippen molar-refractivity contribution in [2.24, 2.45) is 0 Å². The van der Waals surface area contributed by atoms with Crippen LogP contribution < -0.4 is 10.6 Å². The fourth-order valence-corrected chi connectivity index (χ4v) is 4.01. The summed E-state index contributed by atoms with van der Waals surface area (Å²) in [5.41, 5.74) is 3.86. The molecule has 4 rings (SSSR count). The molecule has 29 heavy (non-hydrogen) atoms. The molecule has 0 saturated carbocycles. The van der Waals surface area contributed by atoms with Crippen molar-refractivity contribution in [2.75, 3.05) is 5.32 Å². The topological polar surface area (TPSA) is 54.0 Å². The monoisotopic (exact) mass is 421 g/mol. The largest absolute Gasteiger partial charge is 0.332 e. The van der Waals surface area contributed by atoms with Crippen molar-refractivity contribution in [3.63, 3.8) is 0 Å². The Morgan fingerprint density at radius 2 is 1.90 bits per heavy atom. The van der Waals surface area contributed by atoms with Crippen LogP contribution in [0.2, 0.25) is 0 Å². The minimum absolute atomic E-state index is 0.142. The predicted octanol–water partition coefficient (Wildman–Crippen LogP) is 5.54. The van der Waals surface area contributed by atoms with E-state index in [0.29, 0.717) is 0 Å². The molecule has 7 heteroatoms. The highest BCUT2D eigenvalue weighted by molar-refractivity contribution is 7.80. The SMILES string of the molecule is Cc1ccc(-c2nc3ccccc3s2)cc1NC(=S)NC(=O)c1cccc(F)c1. The summed E-state index contributed by atoms with van der Waals surface area (Å²) in [4.78, 5) is 16.9. The van der Waals surface area contributed by atoms with Gasteiger partial charge >= 0.3 is 0 Å². The summed E-state index contributed by atoms with van der Waals surface area (Å²) in [5.74, 6) is -0.946. The molecule has 0 atom stereocenters. The number of hydrogen-bond donors (Lipinski definition) is 2. The van der Waals surface area contributed by atoms with E-state index >= 15 is 0 Å². The number of carbonyl (C=O) groups is 1. The number of nitrogens with zero attached hydrogens (tertiary/aromatic N) is 1. The zero-order chi connectivity index (χ0) is 20.4. The smallest absolute Gasteiger partial charge is 0.257 e. The number of thiocarbonyl (C=S) groups is 1. The highest BCUT2D eigenvalue weighted by Crippen LogP contribution is 2.32. The van der Waals surface area contributed by atoms with Gasteiger partial charge in [-0.05, 0) is 61.1 Å². The maximum Gasteiger partial charge on any atom is 0.257 e. The van der Waals surface area contributed by atoms with Crippen molar-refractivity contribution < 1.29 is 9.18 Å². The van der Waals surface area contributed by atoms with Crippen LogP contribution in [-0.2, 0) is 0 Å². The number of halogens is 1. The molecule has 144 valence electrons. The van der Waals surface area contributed by atoms with Crippen LogP contribution in [-0.4, -0.2) is 16.0 Å². The summed E-state index contributed by atoms with van der Waals surface area (Å²) in [6.45, 7) is 1.95. The van der Waals surface area contributed by atoms with Gasteiger partial charge in [-0.25, -0.2) is 9.37 Å². The van der Waals surface area contributed by atoms with Crippen LogP contribution in [0.1, 0.15) is 15.9 Å². The van der Waals surface area contributed by atoms with Crippen molar-refractivity contribution in [3.8, 4) is 10.6 Å². The van der Waals surface area contributed by atoms with Crippen molar-refractivity contribution in [1.29, 1.82) is 0 Å². The first-order valence-electron chi connectivity index (χ1n) is 8.84. The molecule has 0 radical (unpaired) electrons. The van der Waals surface area contributed by atoms with Gasteiger partial charge in [-0.2, -0.15) is 0 Å². The van der Waals surface area contributed by atoms with Crippen LogP contribution in [0.25, 0.3) is 20.8 Å². The first-order valence-corrected chi connectivity index (χ1v) is 10.1. The first-order chi connectivity index (χ1) is 14.0. The van der Waals surface area contributed by atoms with Gasteiger partial charge in [0.05, 0.1) is 10.2 Å². The number of fused-ring (bicyclic) bond motifs is 1. The van der Waals surface area contributed by atoms with Gasteiger partial charge in [0.15, 0.2) is 5.11 Å². The number of rotatable bonds is 3. The fourth-order valence-electron chi connectivity index (χ4n) is 2.84. The lowest BCUT2D eigenvalue weighted by Gasteiger charge is -2.13. The molecular weight excluding hydrogens is 405 g/mol. The number of nitrogens with one attached hydrogen (secondary N) is 2. The van der Waals surface area contributed by atoms with E-state index in [1.165, 1.54) is 18.2 Å². The molecule has 0 saturated heterocycles. The summed E-state index contributed by atoms with van der Waals surface area (Å²) < 4.78 is 14.4. The molecule has 0 unspecified atom stereocenters. The van der Waals surface area contributed by atoms with Crippen LogP contribution >= 0.6 is 23.6 Å². The van der Waals surface area contributed by atoms with Crippen LogP contribution in [0.4, 0.5) is 10.1 Å². The number of hydrogen-bond acceptors (Lipinski definition) is 4. The number of aromatic nitrogens is 1. The zero-order valence-corrected chi connectivity index (χ0v) is 17.0. The van der Waals surface area contributed by atoms with Crippen molar-refractivity contribution in [3.05, 3.63) is 83.7 Å². The third-order valence-electron chi connectivity index (χ3n) is 4.34. The maximum atomic E-state index is 13.3. The number of amides is 1. The molecule has 1 heterocycles. The second kappa shape index (κ2) is 8.06. The van der Waals surface area contributed by atoms with E-state index in [4.69, 9.17) is 12.2 Å². The number of benzene rings is 3. The second-order valence-corrected chi connectivity index (χ2v) is 7.87. The summed E-state index contributed by atoms with van der Waals surface area (Å²) in [6.07, 6.45) is 0. The maximum absolute atomic E-state index is 13.3. The first kappa shape index (κ1) is 19.2. The van der Waals surface area contributed by atoms with Crippen LogP contribution in [0.15, 0.2) is 66.7 Å². The average molecular weight is 422 g/mol. The van der Waals surface area contributed by atoms with E-state index in [1.807, 2.05) is 49.4 Å². The molecule has 0 bridgehead atoms. The lowest BCUT2D eigenvalue weighted by atomic mass is 10.1. The highest BCUT2D eigenvalue weighted by atomic mass is 32.1. The Morgan fingerprint density at radius 1 is 1.07 bits per heavy atom. The molecule has 0 aliphatic heterocycles. The molecule has 3 aromatic carbocycles. The molecule has 4 nitrogen and oxygen atoms in total. The van der Waals surface area contributed by atoms with Gasteiger partial charge in [0.2, 0.25) is 0 Å². The van der Waals surface area contributed by atoms with E-state index < -0.39 is 11.7 Å². The predicted molar refractivity (Wildman–Crippen MR) is 120 cm³/mol. The zero-order valence-electron chi connectivity index (χ0n) is 15.4. The fraction of sp³-hybridized carbons (Fsp3) is 0.0455. The van der Waals surface area contributed by atoms with Gasteiger partial charge in [-0.15, -0.1) is 11.3 Å². The number of carbonyl (C=O) groups excluding carboxylic acids is 1. The minimum atomic E-state index is -0.476. The number of para-hydroxylation sites is 1. The summed E-state index contributed by atoms with van der Waals surface area (Å²) in [5, 5.41) is 6.68. The van der Waals surface area contributed by atoms with Gasteiger partial charge in [-0.3, -0.25) is 10.1 Å². The Bertz CT molecular complexity index is 1200. The van der Waals surface area contributed by atoms with Crippen molar-refractivity contribution >= 4 is 50.5 Å². The number of aryl methyl sites for hydroxylation is 1. The number of thiazole rings is 1. The third-order valence-corrected chi connectivity index (χ3v) is 5.63. The Balaban J connectivity index is 1.53. The van der Waals surface area contributed by atoms with Gasteiger partial charge in [0, 0.05) is 16.8 Å². The lowest BCUT2D eigenvalue weighted by Crippen LogP contribution is -2.34. The van der Waals surface area contributed by atoms with E-state index in [2.05, 4.69) is 15.6 Å². The number of anilines is 1. The van der Waals surface area contributed by atoms with Gasteiger partial charge in [0.25, 0.3) is 5.91 Å². The van der Waals surface area contributed by atoms with E-state index in [0.717, 1.165) is 38.1 Å². The summed E-state index contributed by atoms with van der Waals surface area (Å²) >= 11 is 6.88.